The number of amides is 2. The molecule has 0 spiro atoms. The fourth-order valence-corrected chi connectivity index (χ4v) is 4.55. The van der Waals surface area contributed by atoms with Crippen LogP contribution in [-0.4, -0.2) is 51.8 Å². The van der Waals surface area contributed by atoms with Gasteiger partial charge in [0, 0.05) is 44.5 Å². The number of piperazine rings is 1. The van der Waals surface area contributed by atoms with E-state index in [-0.39, 0.29) is 23.7 Å². The van der Waals surface area contributed by atoms with Gasteiger partial charge in [0.2, 0.25) is 0 Å². The first kappa shape index (κ1) is 23.7. The third-order valence-corrected chi connectivity index (χ3v) is 6.44. The maximum atomic E-state index is 13.6. The molecular weight excluding hydrogens is 460 g/mol. The summed E-state index contributed by atoms with van der Waals surface area (Å²) >= 11 is 0. The maximum Gasteiger partial charge on any atom is 0.317 e. The van der Waals surface area contributed by atoms with Crippen molar-refractivity contribution in [3.8, 4) is 5.69 Å². The highest BCUT2D eigenvalue weighted by atomic mass is 19.1. The Balaban J connectivity index is 1.20. The van der Waals surface area contributed by atoms with Crippen molar-refractivity contribution in [2.45, 2.75) is 12.6 Å². The second-order valence-corrected chi connectivity index (χ2v) is 8.82. The number of carbonyl (C=O) groups excluding carboxylic acids is 1. The number of nitrogens with one attached hydrogen (secondary N) is 1. The standard InChI is InChI=1S/C28H27F2N5O/c29-24-10-6-22(7-11-24)27(23-8-12-25(30)13-9-23)33-14-16-34(17-15-33)28(36)31-18-21-19-32-35(20-21)26-4-2-1-3-5-26/h1-13,19-20,27H,14-18H2,(H,31,36). The maximum absolute atomic E-state index is 13.6. The van der Waals surface area contributed by atoms with Crippen LogP contribution >= 0.6 is 0 Å². The van der Waals surface area contributed by atoms with Gasteiger partial charge in [-0.1, -0.05) is 42.5 Å². The molecule has 1 aliphatic rings. The first-order valence-electron chi connectivity index (χ1n) is 11.9. The summed E-state index contributed by atoms with van der Waals surface area (Å²) in [7, 11) is 0. The highest BCUT2D eigenvalue weighted by molar-refractivity contribution is 5.74. The van der Waals surface area contributed by atoms with Crippen LogP contribution in [0.4, 0.5) is 13.6 Å². The smallest absolute Gasteiger partial charge is 0.317 e. The topological polar surface area (TPSA) is 53.4 Å². The Morgan fingerprint density at radius 3 is 2.00 bits per heavy atom. The Morgan fingerprint density at radius 1 is 0.833 bits per heavy atom. The zero-order valence-corrected chi connectivity index (χ0v) is 19.7. The molecule has 2 heterocycles. The molecule has 1 N–H and O–H groups in total. The van der Waals surface area contributed by atoms with Gasteiger partial charge in [-0.3, -0.25) is 4.90 Å². The predicted molar refractivity (Wildman–Crippen MR) is 134 cm³/mol. The van der Waals surface area contributed by atoms with Crippen LogP contribution in [0.25, 0.3) is 5.69 Å². The number of rotatable bonds is 6. The first-order chi connectivity index (χ1) is 17.6. The number of halogens is 2. The van der Waals surface area contributed by atoms with E-state index in [1.165, 1.54) is 24.3 Å². The Morgan fingerprint density at radius 2 is 1.42 bits per heavy atom. The fourth-order valence-electron chi connectivity index (χ4n) is 4.55. The number of para-hydroxylation sites is 1. The molecular formula is C28H27F2N5O. The third-order valence-electron chi connectivity index (χ3n) is 6.44. The molecule has 3 aromatic carbocycles. The van der Waals surface area contributed by atoms with Crippen LogP contribution in [0.15, 0.2) is 91.3 Å². The minimum Gasteiger partial charge on any atom is -0.334 e. The molecule has 6 nitrogen and oxygen atoms in total. The summed E-state index contributed by atoms with van der Waals surface area (Å²) in [6.45, 7) is 2.76. The van der Waals surface area contributed by atoms with Gasteiger partial charge in [0.15, 0.2) is 0 Å². The lowest BCUT2D eigenvalue weighted by Gasteiger charge is -2.39. The summed E-state index contributed by atoms with van der Waals surface area (Å²) in [4.78, 5) is 16.9. The van der Waals surface area contributed by atoms with Gasteiger partial charge >= 0.3 is 6.03 Å². The summed E-state index contributed by atoms with van der Waals surface area (Å²) in [5.74, 6) is -0.597. The SMILES string of the molecule is O=C(NCc1cnn(-c2ccccc2)c1)N1CCN(C(c2ccc(F)cc2)c2ccc(F)cc2)CC1. The molecule has 0 saturated carbocycles. The molecule has 1 fully saturated rings. The molecule has 0 radical (unpaired) electrons. The molecule has 1 saturated heterocycles. The van der Waals surface area contributed by atoms with E-state index < -0.39 is 0 Å². The van der Waals surface area contributed by atoms with Crippen LogP contribution in [0.3, 0.4) is 0 Å². The van der Waals surface area contributed by atoms with Crippen molar-refractivity contribution >= 4 is 6.03 Å². The van der Waals surface area contributed by atoms with E-state index in [1.807, 2.05) is 36.5 Å². The summed E-state index contributed by atoms with van der Waals surface area (Å²) in [6, 6.07) is 22.3. The number of carbonyl (C=O) groups is 1. The molecule has 0 unspecified atom stereocenters. The second kappa shape index (κ2) is 10.7. The highest BCUT2D eigenvalue weighted by Crippen LogP contribution is 2.30. The van der Waals surface area contributed by atoms with Gasteiger partial charge in [0.05, 0.1) is 17.9 Å². The third kappa shape index (κ3) is 5.44. The lowest BCUT2D eigenvalue weighted by Crippen LogP contribution is -2.52. The molecule has 0 aliphatic carbocycles. The normalized spacial score (nSPS) is 14.2. The van der Waals surface area contributed by atoms with Crippen molar-refractivity contribution in [3.63, 3.8) is 0 Å². The van der Waals surface area contributed by atoms with Crippen molar-refractivity contribution in [2.75, 3.05) is 26.2 Å². The average molecular weight is 488 g/mol. The van der Waals surface area contributed by atoms with Crippen molar-refractivity contribution in [1.29, 1.82) is 0 Å². The molecule has 2 amide bonds. The Bertz CT molecular complexity index is 1240. The molecule has 8 heteroatoms. The lowest BCUT2D eigenvalue weighted by atomic mass is 9.96. The number of aromatic nitrogens is 2. The van der Waals surface area contributed by atoms with Crippen LogP contribution in [0.2, 0.25) is 0 Å². The van der Waals surface area contributed by atoms with E-state index in [0.29, 0.717) is 32.7 Å². The van der Waals surface area contributed by atoms with Gasteiger partial charge in [-0.05, 0) is 47.5 Å². The zero-order valence-electron chi connectivity index (χ0n) is 19.7. The second-order valence-electron chi connectivity index (χ2n) is 8.82. The summed E-state index contributed by atoms with van der Waals surface area (Å²) < 4.78 is 28.9. The number of nitrogens with zero attached hydrogens (tertiary/aromatic N) is 4. The van der Waals surface area contributed by atoms with Gasteiger partial charge in [-0.2, -0.15) is 5.10 Å². The van der Waals surface area contributed by atoms with Gasteiger partial charge < -0.3 is 10.2 Å². The lowest BCUT2D eigenvalue weighted by molar-refractivity contribution is 0.120. The quantitative estimate of drug-likeness (QED) is 0.427. The van der Waals surface area contributed by atoms with E-state index in [9.17, 15) is 13.6 Å². The average Bonchev–Trinajstić information content (AvgIpc) is 3.40. The van der Waals surface area contributed by atoms with Crippen LogP contribution in [-0.2, 0) is 6.54 Å². The molecule has 5 rings (SSSR count). The Hall–Kier alpha value is -4.04. The van der Waals surface area contributed by atoms with Crippen LogP contribution in [0.5, 0.6) is 0 Å². The molecule has 184 valence electrons. The van der Waals surface area contributed by atoms with Gasteiger partial charge in [-0.15, -0.1) is 0 Å². The monoisotopic (exact) mass is 487 g/mol. The highest BCUT2D eigenvalue weighted by Gasteiger charge is 2.28. The van der Waals surface area contributed by atoms with Crippen LogP contribution in [0.1, 0.15) is 22.7 Å². The van der Waals surface area contributed by atoms with Crippen LogP contribution < -0.4 is 5.32 Å². The molecule has 1 aliphatic heterocycles. The van der Waals surface area contributed by atoms with E-state index >= 15 is 0 Å². The fraction of sp³-hybridized carbons (Fsp3) is 0.214. The first-order valence-corrected chi connectivity index (χ1v) is 11.9. The largest absolute Gasteiger partial charge is 0.334 e. The molecule has 4 aromatic rings. The molecule has 1 aromatic heterocycles. The minimum atomic E-state index is -0.299. The molecule has 36 heavy (non-hydrogen) atoms. The molecule has 0 atom stereocenters. The van der Waals surface area contributed by atoms with E-state index in [2.05, 4.69) is 15.3 Å². The van der Waals surface area contributed by atoms with Gasteiger partial charge in [0.1, 0.15) is 11.6 Å². The van der Waals surface area contributed by atoms with Crippen molar-refractivity contribution in [1.82, 2.24) is 24.9 Å². The predicted octanol–water partition coefficient (Wildman–Crippen LogP) is 4.77. The van der Waals surface area contributed by atoms with Crippen LogP contribution in [0, 0.1) is 11.6 Å². The number of hydrogen-bond donors (Lipinski definition) is 1. The van der Waals surface area contributed by atoms with Crippen molar-refractivity contribution < 1.29 is 13.6 Å². The zero-order chi connectivity index (χ0) is 24.9. The van der Waals surface area contributed by atoms with E-state index in [4.69, 9.17) is 0 Å². The number of benzene rings is 3. The van der Waals surface area contributed by atoms with Gasteiger partial charge in [-0.25, -0.2) is 18.3 Å². The Kier molecular flexibility index (Phi) is 7.04. The summed E-state index contributed by atoms with van der Waals surface area (Å²) in [6.07, 6.45) is 3.66. The van der Waals surface area contributed by atoms with E-state index in [0.717, 1.165) is 22.4 Å². The van der Waals surface area contributed by atoms with Gasteiger partial charge in [0.25, 0.3) is 0 Å². The minimum absolute atomic E-state index is 0.123. The summed E-state index contributed by atoms with van der Waals surface area (Å²) in [5.41, 5.74) is 3.73. The number of urea groups is 1. The van der Waals surface area contributed by atoms with Crippen molar-refractivity contribution in [3.05, 3.63) is 120 Å². The number of hydrogen-bond acceptors (Lipinski definition) is 3. The molecule has 0 bridgehead atoms. The van der Waals surface area contributed by atoms with E-state index in [1.54, 1.807) is 40.0 Å². The van der Waals surface area contributed by atoms with Crippen molar-refractivity contribution in [2.24, 2.45) is 0 Å². The Labute approximate surface area is 208 Å². The summed E-state index contributed by atoms with van der Waals surface area (Å²) in [5, 5.41) is 7.36.